The van der Waals surface area contributed by atoms with Gasteiger partial charge in [-0.3, -0.25) is 9.59 Å². The number of carbonyl (C=O) groups is 2. The van der Waals surface area contributed by atoms with Crippen LogP contribution >= 0.6 is 0 Å². The molecule has 0 amide bonds. The van der Waals surface area contributed by atoms with Gasteiger partial charge in [0.15, 0.2) is 11.5 Å². The largest absolute Gasteiger partial charge is 0.493 e. The van der Waals surface area contributed by atoms with Gasteiger partial charge in [-0.2, -0.15) is 0 Å². The van der Waals surface area contributed by atoms with Gasteiger partial charge in [0.2, 0.25) is 5.78 Å². The molecular formula is C22H30O3. The van der Waals surface area contributed by atoms with Gasteiger partial charge in [-0.15, -0.1) is 0 Å². The zero-order valence-electron chi connectivity index (χ0n) is 16.0. The fraction of sp³-hybridized carbons (Fsp3) is 0.636. The Kier molecular flexibility index (Phi) is 4.55. The first-order chi connectivity index (χ1) is 11.7. The SMILES string of the molecule is C=C1CCCC2C1(C)CCC(C)C2(C)CC1=CC(=O)C=C(OC)C1=O. The summed E-state index contributed by atoms with van der Waals surface area (Å²) < 4.78 is 5.13. The highest BCUT2D eigenvalue weighted by Gasteiger charge is 2.54. The maximum absolute atomic E-state index is 12.7. The average Bonchev–Trinajstić information content (AvgIpc) is 2.57. The molecule has 136 valence electrons. The van der Waals surface area contributed by atoms with Crippen molar-refractivity contribution < 1.29 is 14.3 Å². The van der Waals surface area contributed by atoms with Crippen molar-refractivity contribution in [3.05, 3.63) is 35.6 Å². The Balaban J connectivity index is 1.95. The summed E-state index contributed by atoms with van der Waals surface area (Å²) in [6.45, 7) is 11.4. The molecule has 2 saturated carbocycles. The van der Waals surface area contributed by atoms with E-state index in [1.54, 1.807) is 0 Å². The Morgan fingerprint density at radius 2 is 1.96 bits per heavy atom. The molecule has 0 bridgehead atoms. The van der Waals surface area contributed by atoms with Crippen LogP contribution in [0.2, 0.25) is 0 Å². The number of Topliss-reactive ketones (excluding diaryl/α,β-unsaturated/α-hetero) is 1. The zero-order valence-corrected chi connectivity index (χ0v) is 16.0. The molecule has 3 aliphatic carbocycles. The second kappa shape index (κ2) is 6.26. The number of allylic oxidation sites excluding steroid dienone is 4. The molecule has 3 nitrogen and oxygen atoms in total. The highest BCUT2D eigenvalue weighted by atomic mass is 16.5. The fourth-order valence-corrected chi connectivity index (χ4v) is 5.59. The van der Waals surface area contributed by atoms with E-state index in [0.29, 0.717) is 23.8 Å². The molecule has 0 radical (unpaired) electrons. The van der Waals surface area contributed by atoms with Gasteiger partial charge in [0.25, 0.3) is 0 Å². The molecule has 0 aromatic rings. The molecule has 0 aromatic heterocycles. The first-order valence-electron chi connectivity index (χ1n) is 9.45. The molecule has 0 N–H and O–H groups in total. The van der Waals surface area contributed by atoms with Crippen LogP contribution in [-0.4, -0.2) is 18.7 Å². The molecular weight excluding hydrogens is 312 g/mol. The van der Waals surface area contributed by atoms with Crippen LogP contribution in [0.1, 0.15) is 59.3 Å². The van der Waals surface area contributed by atoms with Crippen LogP contribution < -0.4 is 0 Å². The van der Waals surface area contributed by atoms with Gasteiger partial charge in [-0.1, -0.05) is 32.9 Å². The van der Waals surface area contributed by atoms with Crippen LogP contribution in [0, 0.1) is 22.7 Å². The lowest BCUT2D eigenvalue weighted by molar-refractivity contribution is -0.118. The van der Waals surface area contributed by atoms with E-state index in [2.05, 4.69) is 27.4 Å². The Hall–Kier alpha value is -1.64. The van der Waals surface area contributed by atoms with Crippen LogP contribution in [0.5, 0.6) is 0 Å². The van der Waals surface area contributed by atoms with E-state index in [9.17, 15) is 9.59 Å². The van der Waals surface area contributed by atoms with E-state index in [1.165, 1.54) is 44.1 Å². The molecule has 0 aliphatic heterocycles. The monoisotopic (exact) mass is 342 g/mol. The van der Waals surface area contributed by atoms with E-state index in [-0.39, 0.29) is 28.2 Å². The Morgan fingerprint density at radius 1 is 1.24 bits per heavy atom. The van der Waals surface area contributed by atoms with Crippen molar-refractivity contribution in [3.8, 4) is 0 Å². The van der Waals surface area contributed by atoms with Crippen molar-refractivity contribution in [3.63, 3.8) is 0 Å². The first-order valence-corrected chi connectivity index (χ1v) is 9.45. The summed E-state index contributed by atoms with van der Waals surface area (Å²) >= 11 is 0. The molecule has 0 spiro atoms. The number of rotatable bonds is 3. The molecule has 4 unspecified atom stereocenters. The van der Waals surface area contributed by atoms with Gasteiger partial charge in [0.1, 0.15) is 0 Å². The highest BCUT2D eigenvalue weighted by Crippen LogP contribution is 2.63. The average molecular weight is 342 g/mol. The zero-order chi connectivity index (χ0) is 18.4. The third kappa shape index (κ3) is 2.82. The maximum Gasteiger partial charge on any atom is 0.223 e. The number of fused-ring (bicyclic) bond motifs is 1. The molecule has 0 heterocycles. The molecule has 25 heavy (non-hydrogen) atoms. The summed E-state index contributed by atoms with van der Waals surface area (Å²) in [6, 6.07) is 0. The molecule has 0 aromatic carbocycles. The smallest absolute Gasteiger partial charge is 0.223 e. The Labute approximate surface area is 151 Å². The number of methoxy groups -OCH3 is 1. The van der Waals surface area contributed by atoms with E-state index in [4.69, 9.17) is 4.74 Å². The molecule has 3 rings (SSSR count). The van der Waals surface area contributed by atoms with Gasteiger partial charge < -0.3 is 4.74 Å². The van der Waals surface area contributed by atoms with E-state index < -0.39 is 0 Å². The predicted molar refractivity (Wildman–Crippen MR) is 98.9 cm³/mol. The van der Waals surface area contributed by atoms with Gasteiger partial charge >= 0.3 is 0 Å². The summed E-state index contributed by atoms with van der Waals surface area (Å²) in [7, 11) is 1.45. The lowest BCUT2D eigenvalue weighted by Crippen LogP contribution is -2.50. The molecule has 3 aliphatic rings. The second-order valence-electron chi connectivity index (χ2n) is 8.70. The summed E-state index contributed by atoms with van der Waals surface area (Å²) in [4.78, 5) is 24.7. The van der Waals surface area contributed by atoms with Crippen LogP contribution in [-0.2, 0) is 14.3 Å². The van der Waals surface area contributed by atoms with Crippen LogP contribution in [0.15, 0.2) is 35.6 Å². The van der Waals surface area contributed by atoms with Gasteiger partial charge in [0.05, 0.1) is 7.11 Å². The molecule has 4 atom stereocenters. The number of ether oxygens (including phenoxy) is 1. The first kappa shape index (κ1) is 18.2. The second-order valence-corrected chi connectivity index (χ2v) is 8.70. The van der Waals surface area contributed by atoms with E-state index >= 15 is 0 Å². The number of hydrogen-bond acceptors (Lipinski definition) is 3. The van der Waals surface area contributed by atoms with Crippen molar-refractivity contribution in [2.45, 2.75) is 59.3 Å². The minimum Gasteiger partial charge on any atom is -0.493 e. The lowest BCUT2D eigenvalue weighted by atomic mass is 9.46. The van der Waals surface area contributed by atoms with Crippen molar-refractivity contribution in [2.24, 2.45) is 22.7 Å². The maximum atomic E-state index is 12.7. The van der Waals surface area contributed by atoms with E-state index in [1.807, 2.05) is 0 Å². The van der Waals surface area contributed by atoms with Gasteiger partial charge in [-0.05, 0) is 67.3 Å². The minimum atomic E-state index is -0.144. The fourth-order valence-electron chi connectivity index (χ4n) is 5.59. The topological polar surface area (TPSA) is 43.4 Å². The summed E-state index contributed by atoms with van der Waals surface area (Å²) in [5.41, 5.74) is 2.13. The lowest BCUT2D eigenvalue weighted by Gasteiger charge is -2.59. The summed E-state index contributed by atoms with van der Waals surface area (Å²) in [5.74, 6) is 0.917. The third-order valence-corrected chi connectivity index (χ3v) is 7.46. The minimum absolute atomic E-state index is 0.00563. The summed E-state index contributed by atoms with van der Waals surface area (Å²) in [5, 5.41) is 0. The molecule has 0 saturated heterocycles. The quantitative estimate of drug-likeness (QED) is 0.547. The standard InChI is InChI=1S/C22H30O3/c1-14-7-6-8-19-21(14,3)10-9-15(2)22(19,4)13-16-11-17(23)12-18(25-5)20(16)24/h11-12,15,19H,1,6-10,13H2,2-5H3. The van der Waals surface area contributed by atoms with Gasteiger partial charge in [0, 0.05) is 11.6 Å². The van der Waals surface area contributed by atoms with Crippen LogP contribution in [0.4, 0.5) is 0 Å². The number of carbonyl (C=O) groups excluding carboxylic acids is 2. The third-order valence-electron chi connectivity index (χ3n) is 7.46. The highest BCUT2D eigenvalue weighted by molar-refractivity contribution is 6.19. The summed E-state index contributed by atoms with van der Waals surface area (Å²) in [6.07, 6.45) is 9.27. The van der Waals surface area contributed by atoms with Crippen LogP contribution in [0.3, 0.4) is 0 Å². The van der Waals surface area contributed by atoms with Gasteiger partial charge in [-0.25, -0.2) is 0 Å². The normalized spacial score (nSPS) is 38.8. The predicted octanol–water partition coefficient (Wildman–Crippen LogP) is 4.78. The molecule has 3 heteroatoms. The molecule has 2 fully saturated rings. The van der Waals surface area contributed by atoms with Crippen LogP contribution in [0.25, 0.3) is 0 Å². The van der Waals surface area contributed by atoms with Crippen molar-refractivity contribution in [2.75, 3.05) is 7.11 Å². The van der Waals surface area contributed by atoms with E-state index in [0.717, 1.165) is 12.8 Å². The Morgan fingerprint density at radius 3 is 2.64 bits per heavy atom. The van der Waals surface area contributed by atoms with Crippen molar-refractivity contribution in [1.82, 2.24) is 0 Å². The van der Waals surface area contributed by atoms with Crippen molar-refractivity contribution in [1.29, 1.82) is 0 Å². The number of hydrogen-bond donors (Lipinski definition) is 0. The number of ketones is 2. The Bertz CT molecular complexity index is 683. The van der Waals surface area contributed by atoms with Crippen molar-refractivity contribution >= 4 is 11.6 Å².